The van der Waals surface area contributed by atoms with E-state index in [4.69, 9.17) is 4.98 Å². The molecule has 1 saturated heterocycles. The standard InChI is InChI=1S/C20H21N3O3S3/c1-27-15-7-5-8-16-18(15)21-20(28-16)23-12-10-22(11-13-23)19(24)14-6-3-4-9-17(14)29(2,25)26/h3-9H,10-13H2,1-2H3. The summed E-state index contributed by atoms with van der Waals surface area (Å²) in [6, 6.07) is 12.6. The van der Waals surface area contributed by atoms with Crippen LogP contribution in [0.1, 0.15) is 10.4 Å². The van der Waals surface area contributed by atoms with Crippen LogP contribution in [-0.4, -0.2) is 62.9 Å². The number of thiazole rings is 1. The van der Waals surface area contributed by atoms with E-state index in [0.717, 1.165) is 26.5 Å². The number of para-hydroxylation sites is 1. The molecule has 2 aromatic carbocycles. The van der Waals surface area contributed by atoms with Gasteiger partial charge in [0.25, 0.3) is 5.91 Å². The molecule has 3 aromatic rings. The van der Waals surface area contributed by atoms with Gasteiger partial charge in [0.05, 0.1) is 20.7 Å². The molecule has 0 radical (unpaired) electrons. The molecule has 0 spiro atoms. The van der Waals surface area contributed by atoms with Gasteiger partial charge in [-0.1, -0.05) is 29.5 Å². The topological polar surface area (TPSA) is 70.6 Å². The molecule has 1 aliphatic rings. The van der Waals surface area contributed by atoms with E-state index in [0.29, 0.717) is 26.2 Å². The van der Waals surface area contributed by atoms with Crippen LogP contribution in [0.3, 0.4) is 0 Å². The monoisotopic (exact) mass is 447 g/mol. The number of carbonyl (C=O) groups is 1. The van der Waals surface area contributed by atoms with Gasteiger partial charge in [-0.05, 0) is 30.5 Å². The number of anilines is 1. The highest BCUT2D eigenvalue weighted by molar-refractivity contribution is 7.98. The number of fused-ring (bicyclic) bond motifs is 1. The van der Waals surface area contributed by atoms with Gasteiger partial charge in [0, 0.05) is 37.3 Å². The van der Waals surface area contributed by atoms with Crippen molar-refractivity contribution in [1.82, 2.24) is 9.88 Å². The Bertz CT molecular complexity index is 1170. The van der Waals surface area contributed by atoms with E-state index in [1.165, 1.54) is 6.07 Å². The van der Waals surface area contributed by atoms with Crippen molar-refractivity contribution in [3.05, 3.63) is 48.0 Å². The number of benzene rings is 2. The molecule has 152 valence electrons. The van der Waals surface area contributed by atoms with E-state index in [1.807, 2.05) is 12.3 Å². The first kappa shape index (κ1) is 20.2. The maximum absolute atomic E-state index is 13.0. The third-order valence-corrected chi connectivity index (χ3v) is 7.95. The van der Waals surface area contributed by atoms with Gasteiger partial charge in [0.2, 0.25) is 0 Å². The molecule has 6 nitrogen and oxygen atoms in total. The van der Waals surface area contributed by atoms with Crippen molar-refractivity contribution in [3.63, 3.8) is 0 Å². The molecule has 0 bridgehead atoms. The van der Waals surface area contributed by atoms with Crippen LogP contribution in [0.5, 0.6) is 0 Å². The van der Waals surface area contributed by atoms with Crippen molar-refractivity contribution in [1.29, 1.82) is 0 Å². The Kier molecular flexibility index (Phi) is 5.54. The zero-order valence-electron chi connectivity index (χ0n) is 16.2. The molecule has 2 heterocycles. The van der Waals surface area contributed by atoms with Gasteiger partial charge in [-0.2, -0.15) is 0 Å². The maximum atomic E-state index is 13.0. The number of sulfone groups is 1. The third-order valence-electron chi connectivity index (χ3n) is 4.94. The van der Waals surface area contributed by atoms with E-state index in [-0.39, 0.29) is 16.4 Å². The zero-order chi connectivity index (χ0) is 20.6. The molecule has 9 heteroatoms. The van der Waals surface area contributed by atoms with Crippen LogP contribution < -0.4 is 4.90 Å². The number of rotatable bonds is 4. The minimum atomic E-state index is -3.46. The highest BCUT2D eigenvalue weighted by Crippen LogP contribution is 2.34. The summed E-state index contributed by atoms with van der Waals surface area (Å²) in [7, 11) is -3.46. The summed E-state index contributed by atoms with van der Waals surface area (Å²) < 4.78 is 25.2. The number of hydrogen-bond donors (Lipinski definition) is 0. The van der Waals surface area contributed by atoms with Gasteiger partial charge < -0.3 is 9.80 Å². The quantitative estimate of drug-likeness (QED) is 0.571. The summed E-state index contributed by atoms with van der Waals surface area (Å²) in [5.74, 6) is -0.236. The number of aromatic nitrogens is 1. The molecule has 0 aliphatic carbocycles. The van der Waals surface area contributed by atoms with Crippen molar-refractivity contribution in [2.45, 2.75) is 9.79 Å². The molecule has 4 rings (SSSR count). The van der Waals surface area contributed by atoms with Crippen LogP contribution in [0.25, 0.3) is 10.2 Å². The molecular weight excluding hydrogens is 426 g/mol. The first-order chi connectivity index (χ1) is 13.9. The molecule has 0 N–H and O–H groups in total. The van der Waals surface area contributed by atoms with E-state index in [1.54, 1.807) is 46.2 Å². The Labute approximate surface area is 178 Å². The summed E-state index contributed by atoms with van der Waals surface area (Å²) in [4.78, 5) is 23.0. The maximum Gasteiger partial charge on any atom is 0.255 e. The average molecular weight is 448 g/mol. The lowest BCUT2D eigenvalue weighted by molar-refractivity contribution is 0.0743. The Morgan fingerprint density at radius 1 is 1.07 bits per heavy atom. The molecule has 29 heavy (non-hydrogen) atoms. The first-order valence-electron chi connectivity index (χ1n) is 9.15. The number of thioether (sulfide) groups is 1. The highest BCUT2D eigenvalue weighted by atomic mass is 32.2. The van der Waals surface area contributed by atoms with Gasteiger partial charge in [-0.3, -0.25) is 4.79 Å². The fraction of sp³-hybridized carbons (Fsp3) is 0.300. The average Bonchev–Trinajstić information content (AvgIpc) is 3.17. The van der Waals surface area contributed by atoms with Gasteiger partial charge in [-0.15, -0.1) is 11.8 Å². The smallest absolute Gasteiger partial charge is 0.255 e. The summed E-state index contributed by atoms with van der Waals surface area (Å²) in [5.41, 5.74) is 1.27. The van der Waals surface area contributed by atoms with Crippen LogP contribution in [0.4, 0.5) is 5.13 Å². The second kappa shape index (κ2) is 7.97. The van der Waals surface area contributed by atoms with Crippen LogP contribution >= 0.6 is 23.1 Å². The molecule has 1 fully saturated rings. The van der Waals surface area contributed by atoms with E-state index < -0.39 is 9.84 Å². The van der Waals surface area contributed by atoms with Crippen molar-refractivity contribution in [3.8, 4) is 0 Å². The molecule has 0 saturated carbocycles. The van der Waals surface area contributed by atoms with Gasteiger partial charge in [0.15, 0.2) is 15.0 Å². The van der Waals surface area contributed by atoms with Crippen LogP contribution in [0.15, 0.2) is 52.3 Å². The van der Waals surface area contributed by atoms with Gasteiger partial charge in [-0.25, -0.2) is 13.4 Å². The van der Waals surface area contributed by atoms with Crippen LogP contribution in [0.2, 0.25) is 0 Å². The predicted octanol–water partition coefficient (Wildman–Crippen LogP) is 3.38. The number of carbonyl (C=O) groups excluding carboxylic acids is 1. The molecule has 1 aromatic heterocycles. The summed E-state index contributed by atoms with van der Waals surface area (Å²) in [5, 5.41) is 0.963. The lowest BCUT2D eigenvalue weighted by Crippen LogP contribution is -2.49. The summed E-state index contributed by atoms with van der Waals surface area (Å²) in [6.07, 6.45) is 3.18. The Morgan fingerprint density at radius 2 is 1.79 bits per heavy atom. The molecule has 1 amide bonds. The second-order valence-electron chi connectivity index (χ2n) is 6.85. The Hall–Kier alpha value is -2.10. The van der Waals surface area contributed by atoms with Crippen LogP contribution in [-0.2, 0) is 9.84 Å². The molecule has 1 aliphatic heterocycles. The number of amides is 1. The molecule has 0 unspecified atom stereocenters. The molecular formula is C20H21N3O3S3. The van der Waals surface area contributed by atoms with Crippen molar-refractivity contribution >= 4 is 54.2 Å². The predicted molar refractivity (Wildman–Crippen MR) is 119 cm³/mol. The third kappa shape index (κ3) is 3.99. The minimum absolute atomic E-state index is 0.0863. The van der Waals surface area contributed by atoms with E-state index in [9.17, 15) is 13.2 Å². The van der Waals surface area contributed by atoms with Gasteiger partial charge >= 0.3 is 0 Å². The SMILES string of the molecule is CSc1cccc2sc(N3CCN(C(=O)c4ccccc4S(C)(=O)=O)CC3)nc12. The van der Waals surface area contributed by atoms with Crippen molar-refractivity contribution in [2.75, 3.05) is 43.6 Å². The molecule has 0 atom stereocenters. The summed E-state index contributed by atoms with van der Waals surface area (Å²) in [6.45, 7) is 2.40. The van der Waals surface area contributed by atoms with E-state index in [2.05, 4.69) is 17.0 Å². The Balaban J connectivity index is 1.51. The zero-order valence-corrected chi connectivity index (χ0v) is 18.6. The van der Waals surface area contributed by atoms with Gasteiger partial charge in [0.1, 0.15) is 0 Å². The normalized spacial score (nSPS) is 15.1. The fourth-order valence-corrected chi connectivity index (χ4v) is 6.00. The number of piperazine rings is 1. The second-order valence-corrected chi connectivity index (χ2v) is 10.7. The number of nitrogens with zero attached hydrogens (tertiary/aromatic N) is 3. The van der Waals surface area contributed by atoms with Crippen LogP contribution in [0, 0.1) is 0 Å². The fourth-order valence-electron chi connectivity index (χ4n) is 3.45. The Morgan fingerprint density at radius 3 is 2.48 bits per heavy atom. The minimum Gasteiger partial charge on any atom is -0.345 e. The van der Waals surface area contributed by atoms with E-state index >= 15 is 0 Å². The summed E-state index contributed by atoms with van der Waals surface area (Å²) >= 11 is 3.35. The number of hydrogen-bond acceptors (Lipinski definition) is 7. The largest absolute Gasteiger partial charge is 0.345 e. The van der Waals surface area contributed by atoms with Crippen molar-refractivity contribution < 1.29 is 13.2 Å². The lowest BCUT2D eigenvalue weighted by atomic mass is 10.2. The first-order valence-corrected chi connectivity index (χ1v) is 13.1. The lowest BCUT2D eigenvalue weighted by Gasteiger charge is -2.34. The highest BCUT2D eigenvalue weighted by Gasteiger charge is 2.27. The van der Waals surface area contributed by atoms with Crippen molar-refractivity contribution in [2.24, 2.45) is 0 Å².